The van der Waals surface area contributed by atoms with Gasteiger partial charge in [0, 0.05) is 24.1 Å². The standard InChI is InChI=1S/C22H25NO3/c1-16-9-10-20-19(15-26-22(20)17(16)2)13-21(24)23-11-6-12-25-14-18-7-4-3-5-8-18/h3-5,7-10,15H,6,11-14H2,1-2H3,(H,23,24). The fraction of sp³-hybridized carbons (Fsp3) is 0.318. The molecule has 0 spiro atoms. The number of ether oxygens (including phenoxy) is 1. The van der Waals surface area contributed by atoms with Gasteiger partial charge in [0.25, 0.3) is 0 Å². The summed E-state index contributed by atoms with van der Waals surface area (Å²) in [6, 6.07) is 14.2. The van der Waals surface area contributed by atoms with Gasteiger partial charge in [-0.2, -0.15) is 0 Å². The molecule has 26 heavy (non-hydrogen) atoms. The summed E-state index contributed by atoms with van der Waals surface area (Å²) in [4.78, 5) is 12.2. The highest BCUT2D eigenvalue weighted by atomic mass is 16.5. The first-order valence-corrected chi connectivity index (χ1v) is 9.00. The van der Waals surface area contributed by atoms with E-state index < -0.39 is 0 Å². The second-order valence-electron chi connectivity index (χ2n) is 6.56. The third kappa shape index (κ3) is 4.52. The van der Waals surface area contributed by atoms with Crippen molar-refractivity contribution in [2.24, 2.45) is 0 Å². The third-order valence-electron chi connectivity index (χ3n) is 4.59. The molecule has 0 atom stereocenters. The summed E-state index contributed by atoms with van der Waals surface area (Å²) in [5.74, 6) is 0.00832. The van der Waals surface area contributed by atoms with Crippen LogP contribution in [0.1, 0.15) is 28.7 Å². The normalized spacial score (nSPS) is 11.0. The van der Waals surface area contributed by atoms with Crippen LogP contribution in [0.4, 0.5) is 0 Å². The zero-order chi connectivity index (χ0) is 18.4. The first kappa shape index (κ1) is 18.2. The summed E-state index contributed by atoms with van der Waals surface area (Å²) in [7, 11) is 0. The van der Waals surface area contributed by atoms with Crippen LogP contribution >= 0.6 is 0 Å². The van der Waals surface area contributed by atoms with Crippen LogP contribution in [-0.2, 0) is 22.6 Å². The van der Waals surface area contributed by atoms with E-state index in [1.807, 2.05) is 43.3 Å². The number of nitrogens with one attached hydrogen (secondary N) is 1. The predicted octanol–water partition coefficient (Wildman–Crippen LogP) is 4.32. The molecule has 2 aromatic carbocycles. The Morgan fingerprint density at radius 2 is 1.92 bits per heavy atom. The molecule has 0 fully saturated rings. The highest BCUT2D eigenvalue weighted by Gasteiger charge is 2.12. The molecule has 1 N–H and O–H groups in total. The lowest BCUT2D eigenvalue weighted by Gasteiger charge is -2.06. The zero-order valence-electron chi connectivity index (χ0n) is 15.4. The van der Waals surface area contributed by atoms with Crippen LogP contribution in [0.2, 0.25) is 0 Å². The van der Waals surface area contributed by atoms with E-state index in [2.05, 4.69) is 18.3 Å². The summed E-state index contributed by atoms with van der Waals surface area (Å²) < 4.78 is 11.3. The Morgan fingerprint density at radius 1 is 1.12 bits per heavy atom. The molecule has 0 saturated carbocycles. The van der Waals surface area contributed by atoms with Crippen LogP contribution in [0.25, 0.3) is 11.0 Å². The van der Waals surface area contributed by atoms with Crippen LogP contribution in [0, 0.1) is 13.8 Å². The predicted molar refractivity (Wildman–Crippen MR) is 103 cm³/mol. The Hall–Kier alpha value is -2.59. The van der Waals surface area contributed by atoms with Crippen molar-refractivity contribution in [3.05, 3.63) is 71.0 Å². The van der Waals surface area contributed by atoms with E-state index in [9.17, 15) is 4.79 Å². The van der Waals surface area contributed by atoms with E-state index in [0.29, 0.717) is 26.2 Å². The SMILES string of the molecule is Cc1ccc2c(CC(=O)NCCCOCc3ccccc3)coc2c1C. The van der Waals surface area contributed by atoms with Gasteiger partial charge >= 0.3 is 0 Å². The maximum absolute atomic E-state index is 12.2. The van der Waals surface area contributed by atoms with E-state index in [0.717, 1.165) is 34.1 Å². The van der Waals surface area contributed by atoms with Gasteiger partial charge in [0.2, 0.25) is 5.91 Å². The van der Waals surface area contributed by atoms with Gasteiger partial charge in [-0.3, -0.25) is 4.79 Å². The number of amides is 1. The fourth-order valence-electron chi connectivity index (χ4n) is 2.93. The molecule has 136 valence electrons. The highest BCUT2D eigenvalue weighted by molar-refractivity contribution is 5.89. The molecule has 1 aromatic heterocycles. The molecule has 0 aliphatic heterocycles. The second-order valence-corrected chi connectivity index (χ2v) is 6.56. The number of hydrogen-bond donors (Lipinski definition) is 1. The van der Waals surface area contributed by atoms with Crippen molar-refractivity contribution in [3.63, 3.8) is 0 Å². The summed E-state index contributed by atoms with van der Waals surface area (Å²) in [6.45, 7) is 5.95. The number of aryl methyl sites for hydroxylation is 2. The Balaban J connectivity index is 1.40. The molecule has 1 amide bonds. The van der Waals surface area contributed by atoms with E-state index in [-0.39, 0.29) is 5.91 Å². The molecule has 0 bridgehead atoms. The summed E-state index contributed by atoms with van der Waals surface area (Å²) >= 11 is 0. The van der Waals surface area contributed by atoms with Crippen molar-refractivity contribution in [2.45, 2.75) is 33.3 Å². The van der Waals surface area contributed by atoms with Gasteiger partial charge < -0.3 is 14.5 Å². The first-order chi connectivity index (χ1) is 12.6. The first-order valence-electron chi connectivity index (χ1n) is 9.00. The Labute approximate surface area is 154 Å². The number of rotatable bonds is 8. The van der Waals surface area contributed by atoms with Crippen LogP contribution in [0.5, 0.6) is 0 Å². The molecule has 3 rings (SSSR count). The molecule has 4 nitrogen and oxygen atoms in total. The van der Waals surface area contributed by atoms with Crippen molar-refractivity contribution in [1.82, 2.24) is 5.32 Å². The monoisotopic (exact) mass is 351 g/mol. The molecular weight excluding hydrogens is 326 g/mol. The molecule has 0 saturated heterocycles. The van der Waals surface area contributed by atoms with Crippen LogP contribution in [0.3, 0.4) is 0 Å². The molecule has 1 heterocycles. The Bertz CT molecular complexity index is 868. The lowest BCUT2D eigenvalue weighted by atomic mass is 10.0. The van der Waals surface area contributed by atoms with Gasteiger partial charge in [0.15, 0.2) is 0 Å². The van der Waals surface area contributed by atoms with Gasteiger partial charge in [-0.1, -0.05) is 42.5 Å². The minimum Gasteiger partial charge on any atom is -0.464 e. The molecule has 3 aromatic rings. The van der Waals surface area contributed by atoms with E-state index >= 15 is 0 Å². The van der Waals surface area contributed by atoms with Crippen molar-refractivity contribution >= 4 is 16.9 Å². The summed E-state index contributed by atoms with van der Waals surface area (Å²) in [5.41, 5.74) is 5.29. The number of furan rings is 1. The average Bonchev–Trinajstić information content (AvgIpc) is 3.05. The third-order valence-corrected chi connectivity index (χ3v) is 4.59. The molecule has 4 heteroatoms. The van der Waals surface area contributed by atoms with Gasteiger partial charge in [0.1, 0.15) is 5.58 Å². The van der Waals surface area contributed by atoms with Crippen LogP contribution in [-0.4, -0.2) is 19.1 Å². The maximum Gasteiger partial charge on any atom is 0.224 e. The topological polar surface area (TPSA) is 51.5 Å². The van der Waals surface area contributed by atoms with Crippen LogP contribution in [0.15, 0.2) is 53.1 Å². The van der Waals surface area contributed by atoms with Crippen molar-refractivity contribution in [3.8, 4) is 0 Å². The van der Waals surface area contributed by atoms with Crippen molar-refractivity contribution < 1.29 is 13.9 Å². The fourth-order valence-corrected chi connectivity index (χ4v) is 2.93. The Morgan fingerprint density at radius 3 is 2.73 bits per heavy atom. The number of benzene rings is 2. The minimum atomic E-state index is 0.00832. The molecule has 0 aliphatic carbocycles. The van der Waals surface area contributed by atoms with E-state index in [1.165, 1.54) is 5.56 Å². The quantitative estimate of drug-likeness (QED) is 0.615. The van der Waals surface area contributed by atoms with Gasteiger partial charge in [-0.15, -0.1) is 0 Å². The number of fused-ring (bicyclic) bond motifs is 1. The van der Waals surface area contributed by atoms with Crippen molar-refractivity contribution in [1.29, 1.82) is 0 Å². The number of carbonyl (C=O) groups is 1. The minimum absolute atomic E-state index is 0.00832. The van der Waals surface area contributed by atoms with Gasteiger partial charge in [0.05, 0.1) is 19.3 Å². The lowest BCUT2D eigenvalue weighted by molar-refractivity contribution is -0.120. The van der Waals surface area contributed by atoms with E-state index in [4.69, 9.17) is 9.15 Å². The van der Waals surface area contributed by atoms with Gasteiger partial charge in [-0.05, 0) is 37.0 Å². The molecule has 0 unspecified atom stereocenters. The molecule has 0 radical (unpaired) electrons. The largest absolute Gasteiger partial charge is 0.464 e. The smallest absolute Gasteiger partial charge is 0.224 e. The molecule has 0 aliphatic rings. The second kappa shape index (κ2) is 8.68. The summed E-state index contributed by atoms with van der Waals surface area (Å²) in [6.07, 6.45) is 2.82. The van der Waals surface area contributed by atoms with E-state index in [1.54, 1.807) is 6.26 Å². The zero-order valence-corrected chi connectivity index (χ0v) is 15.4. The Kier molecular flexibility index (Phi) is 6.08. The molecular formula is C22H25NO3. The maximum atomic E-state index is 12.2. The number of carbonyl (C=O) groups excluding carboxylic acids is 1. The van der Waals surface area contributed by atoms with Crippen molar-refractivity contribution in [2.75, 3.05) is 13.2 Å². The number of hydrogen-bond acceptors (Lipinski definition) is 3. The average molecular weight is 351 g/mol. The summed E-state index contributed by atoms with van der Waals surface area (Å²) in [5, 5.41) is 3.97. The van der Waals surface area contributed by atoms with Crippen LogP contribution < -0.4 is 5.32 Å². The van der Waals surface area contributed by atoms with Gasteiger partial charge in [-0.25, -0.2) is 0 Å². The highest BCUT2D eigenvalue weighted by Crippen LogP contribution is 2.26. The lowest BCUT2D eigenvalue weighted by Crippen LogP contribution is -2.26.